The fourth-order valence-corrected chi connectivity index (χ4v) is 3.63. The van der Waals surface area contributed by atoms with Gasteiger partial charge in [-0.15, -0.1) is 0 Å². The van der Waals surface area contributed by atoms with Crippen molar-refractivity contribution in [3.8, 4) is 0 Å². The SMILES string of the molecule is CCN(CC)C(=O)CN(C)S(=O)(=O)N1CCCCC1. The van der Waals surface area contributed by atoms with Crippen molar-refractivity contribution in [3.63, 3.8) is 0 Å². The summed E-state index contributed by atoms with van der Waals surface area (Å²) in [6.07, 6.45) is 2.88. The predicted molar refractivity (Wildman–Crippen MR) is 74.9 cm³/mol. The number of carbonyl (C=O) groups is 1. The highest BCUT2D eigenvalue weighted by Crippen LogP contribution is 2.15. The smallest absolute Gasteiger partial charge is 0.282 e. The quantitative estimate of drug-likeness (QED) is 0.717. The lowest BCUT2D eigenvalue weighted by molar-refractivity contribution is -0.130. The minimum absolute atomic E-state index is 0.0828. The van der Waals surface area contributed by atoms with Gasteiger partial charge in [0.1, 0.15) is 0 Å². The normalized spacial score (nSPS) is 17.7. The van der Waals surface area contributed by atoms with Crippen molar-refractivity contribution in [2.75, 3.05) is 39.8 Å². The van der Waals surface area contributed by atoms with E-state index in [4.69, 9.17) is 0 Å². The second kappa shape index (κ2) is 7.21. The molecule has 6 nitrogen and oxygen atoms in total. The van der Waals surface area contributed by atoms with Gasteiger partial charge in [0.25, 0.3) is 10.2 Å². The van der Waals surface area contributed by atoms with E-state index in [9.17, 15) is 13.2 Å². The van der Waals surface area contributed by atoms with Crippen LogP contribution in [0.25, 0.3) is 0 Å². The Balaban J connectivity index is 2.65. The van der Waals surface area contributed by atoms with E-state index in [0.29, 0.717) is 26.2 Å². The third-order valence-electron chi connectivity index (χ3n) is 3.51. The third kappa shape index (κ3) is 4.15. The van der Waals surface area contributed by atoms with Gasteiger partial charge in [-0.05, 0) is 26.7 Å². The Kier molecular flexibility index (Phi) is 6.22. The molecule has 7 heteroatoms. The summed E-state index contributed by atoms with van der Waals surface area (Å²) >= 11 is 0. The highest BCUT2D eigenvalue weighted by Gasteiger charge is 2.29. The number of rotatable bonds is 6. The highest BCUT2D eigenvalue weighted by molar-refractivity contribution is 7.86. The van der Waals surface area contributed by atoms with Crippen LogP contribution in [0, 0.1) is 0 Å². The first-order valence-electron chi connectivity index (χ1n) is 6.92. The van der Waals surface area contributed by atoms with Gasteiger partial charge < -0.3 is 4.90 Å². The molecule has 0 aliphatic carbocycles. The molecular weight excluding hydrogens is 266 g/mol. The third-order valence-corrected chi connectivity index (χ3v) is 5.44. The van der Waals surface area contributed by atoms with Crippen LogP contribution in [0.4, 0.5) is 0 Å². The number of hydrogen-bond acceptors (Lipinski definition) is 3. The molecule has 0 unspecified atom stereocenters. The summed E-state index contributed by atoms with van der Waals surface area (Å²) in [4.78, 5) is 13.6. The highest BCUT2D eigenvalue weighted by atomic mass is 32.2. The van der Waals surface area contributed by atoms with Crippen LogP contribution in [0.2, 0.25) is 0 Å². The number of carbonyl (C=O) groups excluding carboxylic acids is 1. The van der Waals surface area contributed by atoms with Crippen LogP contribution in [0.1, 0.15) is 33.1 Å². The zero-order chi connectivity index (χ0) is 14.5. The van der Waals surface area contributed by atoms with Gasteiger partial charge in [-0.1, -0.05) is 6.42 Å². The van der Waals surface area contributed by atoms with Gasteiger partial charge in [0.2, 0.25) is 5.91 Å². The number of likely N-dealkylation sites (N-methyl/N-ethyl adjacent to an activating group) is 2. The predicted octanol–water partition coefficient (Wildman–Crippen LogP) is 0.517. The Labute approximate surface area is 116 Å². The van der Waals surface area contributed by atoms with Gasteiger partial charge in [-0.3, -0.25) is 4.79 Å². The molecule has 19 heavy (non-hydrogen) atoms. The van der Waals surface area contributed by atoms with E-state index in [1.54, 1.807) is 4.90 Å². The fourth-order valence-electron chi connectivity index (χ4n) is 2.24. The minimum atomic E-state index is -3.49. The maximum absolute atomic E-state index is 12.3. The van der Waals surface area contributed by atoms with E-state index in [0.717, 1.165) is 19.3 Å². The maximum Gasteiger partial charge on any atom is 0.282 e. The van der Waals surface area contributed by atoms with Crippen molar-refractivity contribution >= 4 is 16.1 Å². The first-order chi connectivity index (χ1) is 8.93. The van der Waals surface area contributed by atoms with Crippen LogP contribution in [-0.4, -0.2) is 67.6 Å². The lowest BCUT2D eigenvalue weighted by atomic mass is 10.2. The Morgan fingerprint density at radius 2 is 1.63 bits per heavy atom. The van der Waals surface area contributed by atoms with Gasteiger partial charge in [-0.2, -0.15) is 17.0 Å². The molecule has 0 atom stereocenters. The Morgan fingerprint density at radius 3 is 2.11 bits per heavy atom. The lowest BCUT2D eigenvalue weighted by Crippen LogP contribution is -2.48. The monoisotopic (exact) mass is 291 g/mol. The standard InChI is InChI=1S/C12H25N3O3S/c1-4-14(5-2)12(16)11-13(3)19(17,18)15-9-7-6-8-10-15/h4-11H2,1-3H3. The summed E-state index contributed by atoms with van der Waals surface area (Å²) in [5.74, 6) is -0.145. The van der Waals surface area contributed by atoms with Gasteiger partial charge in [0, 0.05) is 33.2 Å². The number of nitrogens with zero attached hydrogens (tertiary/aromatic N) is 3. The van der Waals surface area contributed by atoms with Crippen molar-refractivity contribution in [1.29, 1.82) is 0 Å². The molecule has 1 aliphatic rings. The topological polar surface area (TPSA) is 60.9 Å². The lowest BCUT2D eigenvalue weighted by Gasteiger charge is -2.30. The average Bonchev–Trinajstić information content (AvgIpc) is 2.41. The fraction of sp³-hybridized carbons (Fsp3) is 0.917. The van der Waals surface area contributed by atoms with E-state index in [2.05, 4.69) is 0 Å². The van der Waals surface area contributed by atoms with E-state index in [-0.39, 0.29) is 12.5 Å². The largest absolute Gasteiger partial charge is 0.342 e. The number of amides is 1. The Morgan fingerprint density at radius 1 is 1.11 bits per heavy atom. The van der Waals surface area contributed by atoms with Crippen molar-refractivity contribution in [3.05, 3.63) is 0 Å². The molecule has 1 saturated heterocycles. The van der Waals surface area contributed by atoms with Gasteiger partial charge >= 0.3 is 0 Å². The summed E-state index contributed by atoms with van der Waals surface area (Å²) in [5, 5.41) is 0. The molecule has 0 aromatic carbocycles. The summed E-state index contributed by atoms with van der Waals surface area (Å²) in [5.41, 5.74) is 0. The number of hydrogen-bond donors (Lipinski definition) is 0. The first kappa shape index (κ1) is 16.4. The Bertz CT molecular complexity index is 387. The van der Waals surface area contributed by atoms with E-state index in [1.807, 2.05) is 13.8 Å². The summed E-state index contributed by atoms with van der Waals surface area (Å²) < 4.78 is 27.2. The van der Waals surface area contributed by atoms with Gasteiger partial charge in [-0.25, -0.2) is 0 Å². The molecule has 0 spiro atoms. The zero-order valence-corrected chi connectivity index (χ0v) is 12.9. The minimum Gasteiger partial charge on any atom is -0.342 e. The molecule has 1 rings (SSSR count). The Hall–Kier alpha value is -0.660. The van der Waals surface area contributed by atoms with Crippen molar-refractivity contribution in [2.24, 2.45) is 0 Å². The van der Waals surface area contributed by atoms with Crippen molar-refractivity contribution < 1.29 is 13.2 Å². The molecule has 1 aliphatic heterocycles. The van der Waals surface area contributed by atoms with Gasteiger partial charge in [0.05, 0.1) is 6.54 Å². The van der Waals surface area contributed by atoms with Crippen LogP contribution in [0.5, 0.6) is 0 Å². The molecule has 112 valence electrons. The molecule has 0 radical (unpaired) electrons. The van der Waals surface area contributed by atoms with E-state index in [1.165, 1.54) is 15.7 Å². The van der Waals surface area contributed by atoms with Crippen molar-refractivity contribution in [1.82, 2.24) is 13.5 Å². The summed E-state index contributed by atoms with van der Waals surface area (Å²) in [6, 6.07) is 0. The van der Waals surface area contributed by atoms with Crippen LogP contribution >= 0.6 is 0 Å². The summed E-state index contributed by atoms with van der Waals surface area (Å²) in [6.45, 7) is 6.03. The molecule has 0 N–H and O–H groups in total. The van der Waals surface area contributed by atoms with Crippen molar-refractivity contribution in [2.45, 2.75) is 33.1 Å². The second-order valence-corrected chi connectivity index (χ2v) is 6.82. The molecule has 1 fully saturated rings. The first-order valence-corrected chi connectivity index (χ1v) is 8.32. The molecule has 0 aromatic rings. The second-order valence-electron chi connectivity index (χ2n) is 4.79. The molecule has 0 aromatic heterocycles. The molecule has 1 amide bonds. The van der Waals surface area contributed by atoms with Gasteiger partial charge in [0.15, 0.2) is 0 Å². The summed E-state index contributed by atoms with van der Waals surface area (Å²) in [7, 11) is -2.01. The molecular formula is C12H25N3O3S. The average molecular weight is 291 g/mol. The van der Waals surface area contributed by atoms with Crippen LogP contribution in [-0.2, 0) is 15.0 Å². The zero-order valence-electron chi connectivity index (χ0n) is 12.1. The number of piperidine rings is 1. The maximum atomic E-state index is 12.3. The molecule has 0 bridgehead atoms. The van der Waals surface area contributed by atoms with E-state index < -0.39 is 10.2 Å². The van der Waals surface area contributed by atoms with Crippen LogP contribution < -0.4 is 0 Å². The van der Waals surface area contributed by atoms with Crippen LogP contribution in [0.15, 0.2) is 0 Å². The molecule has 1 heterocycles. The van der Waals surface area contributed by atoms with Crippen LogP contribution in [0.3, 0.4) is 0 Å². The molecule has 0 saturated carbocycles. The van der Waals surface area contributed by atoms with E-state index >= 15 is 0 Å².